The molecule has 10 rings (SSSR count). The van der Waals surface area contributed by atoms with Crippen molar-refractivity contribution in [1.29, 1.82) is 0 Å². The van der Waals surface area contributed by atoms with Gasteiger partial charge in [-0.2, -0.15) is 0 Å². The second-order valence-electron chi connectivity index (χ2n) is 13.1. The summed E-state index contributed by atoms with van der Waals surface area (Å²) in [7, 11) is 11.3. The average molecular weight is 643 g/mol. The third-order valence-corrected chi connectivity index (χ3v) is 13.1. The minimum atomic E-state index is 0.718. The number of aromatic nitrogens is 3. The Morgan fingerprint density at radius 1 is 0.479 bits per heavy atom. The zero-order valence-corrected chi connectivity index (χ0v) is 29.0. The third kappa shape index (κ3) is 3.65. The first kappa shape index (κ1) is 28.3. The lowest BCUT2D eigenvalue weighted by Gasteiger charge is -2.20. The fourth-order valence-electron chi connectivity index (χ4n) is 8.04. The van der Waals surface area contributed by atoms with Crippen LogP contribution >= 0.6 is 22.7 Å². The van der Waals surface area contributed by atoms with E-state index in [1.807, 2.05) is 11.3 Å². The van der Waals surface area contributed by atoms with Gasteiger partial charge in [0, 0.05) is 36.3 Å². The van der Waals surface area contributed by atoms with Crippen molar-refractivity contribution < 1.29 is 0 Å². The Morgan fingerprint density at radius 2 is 1.00 bits per heavy atom. The molecular weight excluding hydrogens is 617 g/mol. The first-order chi connectivity index (χ1) is 23.4. The van der Waals surface area contributed by atoms with Crippen LogP contribution < -0.4 is 27.3 Å². The van der Waals surface area contributed by atoms with Gasteiger partial charge in [0.15, 0.2) is 0 Å². The van der Waals surface area contributed by atoms with Crippen LogP contribution in [0.1, 0.15) is 0 Å². The van der Waals surface area contributed by atoms with Crippen LogP contribution in [0.15, 0.2) is 97.1 Å². The Hall–Kier alpha value is -4.78. The molecule has 0 aliphatic heterocycles. The molecule has 0 saturated carbocycles. The minimum Gasteiger partial charge on any atom is -0.276 e. The molecule has 220 valence electrons. The van der Waals surface area contributed by atoms with E-state index in [2.05, 4.69) is 141 Å². The van der Waals surface area contributed by atoms with Gasteiger partial charge < -0.3 is 0 Å². The molecule has 0 atom stereocenters. The van der Waals surface area contributed by atoms with Gasteiger partial charge >= 0.3 is 0 Å². The van der Waals surface area contributed by atoms with Crippen molar-refractivity contribution in [3.8, 4) is 17.2 Å². The van der Waals surface area contributed by atoms with Crippen LogP contribution in [0.2, 0.25) is 0 Å². The number of fused-ring (bicyclic) bond motifs is 13. The van der Waals surface area contributed by atoms with Gasteiger partial charge in [-0.25, -0.2) is 9.97 Å². The molecule has 0 aliphatic carbocycles. The summed E-state index contributed by atoms with van der Waals surface area (Å²) in [4.78, 5) is 11.2. The maximum atomic E-state index is 5.65. The smallest absolute Gasteiger partial charge is 0.235 e. The van der Waals surface area contributed by atoms with Gasteiger partial charge in [0.1, 0.15) is 39.2 Å². The van der Waals surface area contributed by atoms with E-state index in [1.165, 1.54) is 90.2 Å². The number of para-hydroxylation sites is 1. The molecule has 0 aliphatic rings. The highest BCUT2D eigenvalue weighted by molar-refractivity contribution is 7.27. The number of benzene rings is 6. The zero-order valence-electron chi connectivity index (χ0n) is 27.4. The third-order valence-electron chi connectivity index (χ3n) is 10.8. The maximum Gasteiger partial charge on any atom is 0.235 e. The van der Waals surface area contributed by atoms with Crippen molar-refractivity contribution in [3.05, 3.63) is 97.1 Å². The molecule has 4 heterocycles. The van der Waals surface area contributed by atoms with Crippen LogP contribution in [-0.2, 0) is 0 Å². The van der Waals surface area contributed by atoms with Crippen molar-refractivity contribution >= 4 is 162 Å². The minimum absolute atomic E-state index is 0.718. The SMILES string of the molecule is Bc1c(B)c(B)c(-c2nc(-n3c4ccccc4c4c5ccccc5c5c6ccccc6sc5c43)nc3c2sc2ccccc23)c(B)c1B. The van der Waals surface area contributed by atoms with E-state index in [4.69, 9.17) is 9.97 Å². The highest BCUT2D eigenvalue weighted by atomic mass is 32.1. The van der Waals surface area contributed by atoms with E-state index in [1.54, 1.807) is 11.3 Å². The van der Waals surface area contributed by atoms with E-state index in [-0.39, 0.29) is 0 Å². The Kier molecular flexibility index (Phi) is 5.95. The molecule has 0 amide bonds. The van der Waals surface area contributed by atoms with Gasteiger partial charge in [-0.15, -0.1) is 39.1 Å². The summed E-state index contributed by atoms with van der Waals surface area (Å²) >= 11 is 3.68. The van der Waals surface area contributed by atoms with E-state index in [9.17, 15) is 0 Å². The molecule has 48 heavy (non-hydrogen) atoms. The average Bonchev–Trinajstić information content (AvgIpc) is 3.80. The first-order valence-corrected chi connectivity index (χ1v) is 18.1. The summed E-state index contributed by atoms with van der Waals surface area (Å²) < 4.78 is 7.31. The highest BCUT2D eigenvalue weighted by Crippen LogP contribution is 2.48. The van der Waals surface area contributed by atoms with Crippen molar-refractivity contribution in [2.75, 3.05) is 0 Å². The van der Waals surface area contributed by atoms with Gasteiger partial charge in [-0.05, 0) is 34.5 Å². The van der Waals surface area contributed by atoms with Gasteiger partial charge in [0.25, 0.3) is 0 Å². The molecule has 4 aromatic heterocycles. The Labute approximate surface area is 289 Å². The van der Waals surface area contributed by atoms with Gasteiger partial charge in [-0.1, -0.05) is 89.8 Å². The molecule has 3 nitrogen and oxygen atoms in total. The molecule has 10 aromatic rings. The molecule has 6 aromatic carbocycles. The molecule has 10 heteroatoms. The summed E-state index contributed by atoms with van der Waals surface area (Å²) in [5.74, 6) is 0.718. The molecule has 0 saturated heterocycles. The zero-order chi connectivity index (χ0) is 32.4. The molecule has 0 unspecified atom stereocenters. The molecule has 0 spiro atoms. The first-order valence-electron chi connectivity index (χ1n) is 16.4. The van der Waals surface area contributed by atoms with Crippen LogP contribution in [0.25, 0.3) is 90.3 Å². The van der Waals surface area contributed by atoms with Crippen molar-refractivity contribution in [1.82, 2.24) is 14.5 Å². The van der Waals surface area contributed by atoms with E-state index in [0.29, 0.717) is 0 Å². The molecule has 0 radical (unpaired) electrons. The number of hydrogen-bond donors (Lipinski definition) is 0. The maximum absolute atomic E-state index is 5.65. The van der Waals surface area contributed by atoms with E-state index < -0.39 is 0 Å². The Morgan fingerprint density at radius 3 is 1.71 bits per heavy atom. The lowest BCUT2D eigenvalue weighted by Crippen LogP contribution is -2.55. The highest BCUT2D eigenvalue weighted by Gasteiger charge is 2.25. The fourth-order valence-corrected chi connectivity index (χ4v) is 10.4. The van der Waals surface area contributed by atoms with Crippen molar-refractivity contribution in [2.45, 2.75) is 0 Å². The van der Waals surface area contributed by atoms with Crippen molar-refractivity contribution in [2.24, 2.45) is 0 Å². The molecule has 0 fully saturated rings. The van der Waals surface area contributed by atoms with Gasteiger partial charge in [0.05, 0.1) is 31.6 Å². The quantitative estimate of drug-likeness (QED) is 0.272. The summed E-state index contributed by atoms with van der Waals surface area (Å²) in [6, 6.07) is 35.2. The Bertz CT molecular complexity index is 3000. The molecular formula is C38H26B5N3S2. The lowest BCUT2D eigenvalue weighted by atomic mass is 9.60. The second kappa shape index (κ2) is 10.1. The predicted octanol–water partition coefficient (Wildman–Crippen LogP) is 2.42. The topological polar surface area (TPSA) is 30.7 Å². The summed E-state index contributed by atoms with van der Waals surface area (Å²) in [6.07, 6.45) is 0. The van der Waals surface area contributed by atoms with Crippen LogP contribution in [0, 0.1) is 0 Å². The second-order valence-corrected chi connectivity index (χ2v) is 15.2. The normalized spacial score (nSPS) is 12.2. The lowest BCUT2D eigenvalue weighted by molar-refractivity contribution is 1.02. The number of hydrogen-bond acceptors (Lipinski definition) is 4. The van der Waals surface area contributed by atoms with E-state index >= 15 is 0 Å². The number of rotatable bonds is 2. The predicted molar refractivity (Wildman–Crippen MR) is 226 cm³/mol. The number of nitrogens with zero attached hydrogens (tertiary/aromatic N) is 3. The molecule has 0 bridgehead atoms. The Balaban J connectivity index is 1.46. The van der Waals surface area contributed by atoms with Crippen LogP contribution in [0.4, 0.5) is 0 Å². The summed E-state index contributed by atoms with van der Waals surface area (Å²) in [5, 5.41) is 8.81. The van der Waals surface area contributed by atoms with Gasteiger partial charge in [-0.3, -0.25) is 4.57 Å². The fraction of sp³-hybridized carbons (Fsp3) is 0. The largest absolute Gasteiger partial charge is 0.276 e. The van der Waals surface area contributed by atoms with Crippen LogP contribution in [-0.4, -0.2) is 53.8 Å². The van der Waals surface area contributed by atoms with Crippen LogP contribution in [0.5, 0.6) is 0 Å². The monoisotopic (exact) mass is 643 g/mol. The summed E-state index contributed by atoms with van der Waals surface area (Å²) in [6.45, 7) is 0. The summed E-state index contributed by atoms with van der Waals surface area (Å²) in [5.41, 5.74) is 12.2. The van der Waals surface area contributed by atoms with Gasteiger partial charge in [0.2, 0.25) is 5.95 Å². The van der Waals surface area contributed by atoms with E-state index in [0.717, 1.165) is 27.4 Å². The molecule has 0 N–H and O–H groups in total. The van der Waals surface area contributed by atoms with Crippen molar-refractivity contribution in [3.63, 3.8) is 0 Å². The standard InChI is InChI=1S/C38H26B5N3S2/c39-28-27(29(40)31(42)32(43)30(28)41)34-37-33(21-13-5-8-16-24(21)48-37)44-38(45-34)46-22-14-6-3-11-19(22)25-17-9-1-2-10-18(17)26-20-12-4-7-15-23(20)47-36(26)35(25)46/h1-16H,39-43H2. The number of thiophene rings is 2. The van der Waals surface area contributed by atoms with Crippen LogP contribution in [0.3, 0.4) is 0 Å².